The van der Waals surface area contributed by atoms with Crippen LogP contribution in [0.5, 0.6) is 23.0 Å². The topological polar surface area (TPSA) is 83.1 Å². The molecular weight excluding hydrogens is 350 g/mol. The number of ketones is 1. The molecule has 3 rings (SSSR count). The van der Waals surface area contributed by atoms with Crippen molar-refractivity contribution in [1.29, 1.82) is 0 Å². The van der Waals surface area contributed by atoms with E-state index in [1.54, 1.807) is 25.1 Å². The van der Waals surface area contributed by atoms with Gasteiger partial charge in [0.15, 0.2) is 34.9 Å². The summed E-state index contributed by atoms with van der Waals surface area (Å²) >= 11 is 0. The molecule has 0 fully saturated rings. The summed E-state index contributed by atoms with van der Waals surface area (Å²) in [7, 11) is 1.48. The highest BCUT2D eigenvalue weighted by atomic mass is 16.7. The minimum absolute atomic E-state index is 0.0747. The van der Waals surface area contributed by atoms with Crippen LogP contribution in [-0.4, -0.2) is 31.7 Å². The van der Waals surface area contributed by atoms with Crippen molar-refractivity contribution in [3.8, 4) is 23.0 Å². The molecule has 0 saturated heterocycles. The predicted octanol–water partition coefficient (Wildman–Crippen LogP) is 2.71. The van der Waals surface area contributed by atoms with Gasteiger partial charge in [-0.1, -0.05) is 6.07 Å². The molecule has 1 aliphatic rings. The lowest BCUT2D eigenvalue weighted by atomic mass is 10.1. The molecule has 1 amide bonds. The standard InChI is InChI=1S/C20H21NO6/c1-12(22)15-5-7-17(18(9-15)24-3)27-13(2)20(23)21-10-14-4-6-16-19(8-14)26-11-25-16/h4-9,13H,10-11H2,1-3H3,(H,21,23)/t13-/m1/s1. The number of carbonyl (C=O) groups is 2. The molecule has 0 saturated carbocycles. The number of Topliss-reactive ketones (excluding diaryl/α,β-unsaturated/α-hetero) is 1. The Kier molecular flexibility index (Phi) is 5.49. The van der Waals surface area contributed by atoms with Crippen molar-refractivity contribution in [2.75, 3.05) is 13.9 Å². The molecule has 1 atom stereocenters. The second-order valence-corrected chi connectivity index (χ2v) is 6.09. The number of benzene rings is 2. The SMILES string of the molecule is COc1cc(C(C)=O)ccc1O[C@H](C)C(=O)NCc1ccc2c(c1)OCO2. The normalized spacial score (nSPS) is 13.0. The van der Waals surface area contributed by atoms with E-state index in [0.29, 0.717) is 35.1 Å². The third kappa shape index (κ3) is 4.31. The van der Waals surface area contributed by atoms with Crippen LogP contribution in [0.1, 0.15) is 29.8 Å². The van der Waals surface area contributed by atoms with Gasteiger partial charge >= 0.3 is 0 Å². The Bertz CT molecular complexity index is 864. The first-order chi connectivity index (χ1) is 13.0. The first kappa shape index (κ1) is 18.6. The molecule has 27 heavy (non-hydrogen) atoms. The number of hydrogen-bond acceptors (Lipinski definition) is 6. The van der Waals surface area contributed by atoms with Gasteiger partial charge in [0.1, 0.15) is 0 Å². The van der Waals surface area contributed by atoms with Gasteiger partial charge in [-0.05, 0) is 49.7 Å². The second kappa shape index (κ2) is 7.99. The monoisotopic (exact) mass is 371 g/mol. The van der Waals surface area contributed by atoms with Crippen LogP contribution in [0.4, 0.5) is 0 Å². The number of rotatable bonds is 7. The molecule has 0 bridgehead atoms. The van der Waals surface area contributed by atoms with E-state index in [9.17, 15) is 9.59 Å². The minimum atomic E-state index is -0.740. The fraction of sp³-hybridized carbons (Fsp3) is 0.300. The van der Waals surface area contributed by atoms with Crippen LogP contribution < -0.4 is 24.3 Å². The Balaban J connectivity index is 1.60. The summed E-state index contributed by atoms with van der Waals surface area (Å²) in [5, 5.41) is 2.82. The summed E-state index contributed by atoms with van der Waals surface area (Å²) < 4.78 is 21.5. The van der Waals surface area contributed by atoms with E-state index in [4.69, 9.17) is 18.9 Å². The van der Waals surface area contributed by atoms with Crippen LogP contribution in [0.3, 0.4) is 0 Å². The minimum Gasteiger partial charge on any atom is -0.493 e. The van der Waals surface area contributed by atoms with Gasteiger partial charge in [0, 0.05) is 12.1 Å². The molecule has 0 aliphatic carbocycles. The van der Waals surface area contributed by atoms with E-state index in [1.807, 2.05) is 18.2 Å². The summed E-state index contributed by atoms with van der Waals surface area (Å²) in [6.07, 6.45) is -0.740. The molecule has 7 heteroatoms. The summed E-state index contributed by atoms with van der Waals surface area (Å²) in [6.45, 7) is 3.67. The number of ether oxygens (including phenoxy) is 4. The van der Waals surface area contributed by atoms with E-state index < -0.39 is 6.10 Å². The molecule has 0 unspecified atom stereocenters. The maximum Gasteiger partial charge on any atom is 0.261 e. The lowest BCUT2D eigenvalue weighted by molar-refractivity contribution is -0.127. The van der Waals surface area contributed by atoms with Crippen molar-refractivity contribution in [3.63, 3.8) is 0 Å². The van der Waals surface area contributed by atoms with Gasteiger partial charge < -0.3 is 24.3 Å². The molecule has 1 N–H and O–H groups in total. The summed E-state index contributed by atoms with van der Waals surface area (Å²) in [5.41, 5.74) is 1.40. The highest BCUT2D eigenvalue weighted by Crippen LogP contribution is 2.32. The van der Waals surface area contributed by atoms with E-state index in [-0.39, 0.29) is 18.5 Å². The van der Waals surface area contributed by atoms with E-state index >= 15 is 0 Å². The number of methoxy groups -OCH3 is 1. The number of nitrogens with one attached hydrogen (secondary N) is 1. The molecular formula is C20H21NO6. The van der Waals surface area contributed by atoms with Crippen molar-refractivity contribution in [2.45, 2.75) is 26.5 Å². The molecule has 142 valence electrons. The lowest BCUT2D eigenvalue weighted by Gasteiger charge is -2.17. The summed E-state index contributed by atoms with van der Waals surface area (Å²) in [6, 6.07) is 10.4. The molecule has 7 nitrogen and oxygen atoms in total. The van der Waals surface area contributed by atoms with Crippen LogP contribution in [0.15, 0.2) is 36.4 Å². The first-order valence-electron chi connectivity index (χ1n) is 8.50. The van der Waals surface area contributed by atoms with E-state index in [0.717, 1.165) is 5.56 Å². The quantitative estimate of drug-likeness (QED) is 0.754. The van der Waals surface area contributed by atoms with Gasteiger partial charge in [0.2, 0.25) is 6.79 Å². The maximum atomic E-state index is 12.3. The number of fused-ring (bicyclic) bond motifs is 1. The highest BCUT2D eigenvalue weighted by Gasteiger charge is 2.18. The number of carbonyl (C=O) groups excluding carboxylic acids is 2. The second-order valence-electron chi connectivity index (χ2n) is 6.09. The number of hydrogen-bond donors (Lipinski definition) is 1. The van der Waals surface area contributed by atoms with Crippen molar-refractivity contribution < 1.29 is 28.5 Å². The number of amides is 1. The van der Waals surface area contributed by atoms with Crippen molar-refractivity contribution in [3.05, 3.63) is 47.5 Å². The smallest absolute Gasteiger partial charge is 0.261 e. The third-order valence-electron chi connectivity index (χ3n) is 4.15. The van der Waals surface area contributed by atoms with Gasteiger partial charge in [0.05, 0.1) is 7.11 Å². The summed E-state index contributed by atoms with van der Waals surface area (Å²) in [4.78, 5) is 23.8. The molecule has 1 heterocycles. The zero-order valence-corrected chi connectivity index (χ0v) is 15.4. The van der Waals surface area contributed by atoms with Crippen molar-refractivity contribution in [2.24, 2.45) is 0 Å². The zero-order chi connectivity index (χ0) is 19.4. The molecule has 0 radical (unpaired) electrons. The van der Waals surface area contributed by atoms with Gasteiger partial charge in [-0.2, -0.15) is 0 Å². The van der Waals surface area contributed by atoms with Crippen LogP contribution in [-0.2, 0) is 11.3 Å². The Morgan fingerprint density at radius 2 is 1.89 bits per heavy atom. The first-order valence-corrected chi connectivity index (χ1v) is 8.50. The third-order valence-corrected chi connectivity index (χ3v) is 4.15. The fourth-order valence-electron chi connectivity index (χ4n) is 2.61. The van der Waals surface area contributed by atoms with Gasteiger partial charge in [0.25, 0.3) is 5.91 Å². The zero-order valence-electron chi connectivity index (χ0n) is 15.4. The highest BCUT2D eigenvalue weighted by molar-refractivity contribution is 5.94. The van der Waals surface area contributed by atoms with E-state index in [1.165, 1.54) is 14.0 Å². The lowest BCUT2D eigenvalue weighted by Crippen LogP contribution is -2.36. The Morgan fingerprint density at radius 1 is 1.11 bits per heavy atom. The summed E-state index contributed by atoms with van der Waals surface area (Å²) in [5.74, 6) is 1.82. The fourth-order valence-corrected chi connectivity index (χ4v) is 2.61. The average Bonchev–Trinajstić information content (AvgIpc) is 3.13. The molecule has 0 spiro atoms. The van der Waals surface area contributed by atoms with Crippen molar-refractivity contribution >= 4 is 11.7 Å². The van der Waals surface area contributed by atoms with Gasteiger partial charge in [-0.3, -0.25) is 9.59 Å². The predicted molar refractivity (Wildman–Crippen MR) is 97.5 cm³/mol. The Morgan fingerprint density at radius 3 is 2.63 bits per heavy atom. The Labute approximate surface area is 157 Å². The van der Waals surface area contributed by atoms with Crippen molar-refractivity contribution in [1.82, 2.24) is 5.32 Å². The molecule has 2 aromatic rings. The van der Waals surface area contributed by atoms with Crippen LogP contribution in [0, 0.1) is 0 Å². The molecule has 2 aromatic carbocycles. The van der Waals surface area contributed by atoms with Gasteiger partial charge in [-0.15, -0.1) is 0 Å². The molecule has 1 aliphatic heterocycles. The Hall–Kier alpha value is -3.22. The van der Waals surface area contributed by atoms with Crippen LogP contribution >= 0.6 is 0 Å². The van der Waals surface area contributed by atoms with Gasteiger partial charge in [-0.25, -0.2) is 0 Å². The molecule has 0 aromatic heterocycles. The largest absolute Gasteiger partial charge is 0.493 e. The average molecular weight is 371 g/mol. The van der Waals surface area contributed by atoms with E-state index in [2.05, 4.69) is 5.32 Å². The van der Waals surface area contributed by atoms with Crippen LogP contribution in [0.25, 0.3) is 0 Å². The maximum absolute atomic E-state index is 12.3. The van der Waals surface area contributed by atoms with Crippen LogP contribution in [0.2, 0.25) is 0 Å².